The van der Waals surface area contributed by atoms with E-state index in [4.69, 9.17) is 5.73 Å². The summed E-state index contributed by atoms with van der Waals surface area (Å²) < 4.78 is 0. The molecule has 11 heavy (non-hydrogen) atoms. The molecule has 0 saturated carbocycles. The summed E-state index contributed by atoms with van der Waals surface area (Å²) in [6.07, 6.45) is 0. The zero-order valence-corrected chi connectivity index (χ0v) is 8.85. The van der Waals surface area contributed by atoms with E-state index in [9.17, 15) is 4.79 Å². The van der Waals surface area contributed by atoms with Crippen LogP contribution in [0.1, 0.15) is 27.7 Å². The van der Waals surface area contributed by atoms with E-state index in [0.29, 0.717) is 17.1 Å². The maximum atomic E-state index is 10.7. The van der Waals surface area contributed by atoms with Gasteiger partial charge in [0.1, 0.15) is 0 Å². The van der Waals surface area contributed by atoms with E-state index >= 15 is 0 Å². The molecule has 0 atom stereocenters. The van der Waals surface area contributed by atoms with Gasteiger partial charge in [0.05, 0.1) is 8.80 Å². The summed E-state index contributed by atoms with van der Waals surface area (Å²) in [5, 5.41) is 0. The molecule has 0 aromatic carbocycles. The molecule has 0 spiro atoms. The number of carbonyl (C=O) groups is 1. The molecule has 0 aromatic rings. The summed E-state index contributed by atoms with van der Waals surface area (Å²) >= 11 is 0. The topological polar surface area (TPSA) is 43.1 Å². The van der Waals surface area contributed by atoms with Crippen molar-refractivity contribution in [3.63, 3.8) is 0 Å². The summed E-state index contributed by atoms with van der Waals surface area (Å²) in [7, 11) is -0.553. The van der Waals surface area contributed by atoms with Crippen molar-refractivity contribution in [3.05, 3.63) is 0 Å². The quantitative estimate of drug-likeness (QED) is 0.645. The van der Waals surface area contributed by atoms with Crippen LogP contribution in [-0.2, 0) is 4.79 Å². The Morgan fingerprint density at radius 3 is 1.73 bits per heavy atom. The maximum absolute atomic E-state index is 10.7. The van der Waals surface area contributed by atoms with Crippen molar-refractivity contribution < 1.29 is 4.79 Å². The van der Waals surface area contributed by atoms with Gasteiger partial charge in [0.25, 0.3) is 0 Å². The second-order valence-electron chi connectivity index (χ2n) is 3.53. The van der Waals surface area contributed by atoms with Gasteiger partial charge in [0.2, 0.25) is 5.91 Å². The molecule has 2 nitrogen and oxygen atoms in total. The standard InChI is InChI=1S/C8H18NOSi/c1-6(2)11(7(3)4)5-8(9)10/h6-7H,5H2,1-4H3,(H2,9,10). The highest BCUT2D eigenvalue weighted by Crippen LogP contribution is 2.22. The van der Waals surface area contributed by atoms with Crippen molar-refractivity contribution in [3.8, 4) is 0 Å². The zero-order valence-electron chi connectivity index (χ0n) is 7.85. The largest absolute Gasteiger partial charge is 0.370 e. The fourth-order valence-corrected chi connectivity index (χ4v) is 3.83. The van der Waals surface area contributed by atoms with Crippen LogP contribution in [0.5, 0.6) is 0 Å². The highest BCUT2D eigenvalue weighted by molar-refractivity contribution is 6.65. The monoisotopic (exact) mass is 172 g/mol. The Balaban J connectivity index is 4.00. The van der Waals surface area contributed by atoms with Crippen molar-refractivity contribution in [2.45, 2.75) is 44.8 Å². The minimum absolute atomic E-state index is 0.138. The summed E-state index contributed by atoms with van der Waals surface area (Å²) in [4.78, 5) is 10.7. The van der Waals surface area contributed by atoms with Crippen molar-refractivity contribution in [2.24, 2.45) is 5.73 Å². The molecule has 0 aliphatic heterocycles. The van der Waals surface area contributed by atoms with Gasteiger partial charge in [0.15, 0.2) is 0 Å². The van der Waals surface area contributed by atoms with Crippen LogP contribution >= 0.6 is 0 Å². The molecule has 0 heterocycles. The lowest BCUT2D eigenvalue weighted by molar-refractivity contribution is -0.116. The molecule has 0 rings (SSSR count). The normalized spacial score (nSPS) is 11.5. The second kappa shape index (κ2) is 4.54. The van der Waals surface area contributed by atoms with Gasteiger partial charge in [-0.15, -0.1) is 0 Å². The second-order valence-corrected chi connectivity index (χ2v) is 7.34. The van der Waals surface area contributed by atoms with Gasteiger partial charge in [-0.1, -0.05) is 38.8 Å². The van der Waals surface area contributed by atoms with Crippen LogP contribution in [0.25, 0.3) is 0 Å². The van der Waals surface area contributed by atoms with Gasteiger partial charge >= 0.3 is 0 Å². The first-order valence-electron chi connectivity index (χ1n) is 4.09. The van der Waals surface area contributed by atoms with Crippen LogP contribution < -0.4 is 5.73 Å². The molecule has 3 heteroatoms. The van der Waals surface area contributed by atoms with Gasteiger partial charge in [-0.2, -0.15) is 0 Å². The Kier molecular flexibility index (Phi) is 4.41. The molecule has 2 N–H and O–H groups in total. The first-order chi connectivity index (χ1) is 4.95. The van der Waals surface area contributed by atoms with E-state index in [-0.39, 0.29) is 5.91 Å². The van der Waals surface area contributed by atoms with Crippen molar-refractivity contribution >= 4 is 14.7 Å². The molecular formula is C8H18NOSi. The lowest BCUT2D eigenvalue weighted by Crippen LogP contribution is -2.27. The van der Waals surface area contributed by atoms with Crippen molar-refractivity contribution in [1.29, 1.82) is 0 Å². The average molecular weight is 172 g/mol. The third-order valence-corrected chi connectivity index (χ3v) is 5.58. The fourth-order valence-electron chi connectivity index (χ4n) is 1.28. The van der Waals surface area contributed by atoms with Crippen LogP contribution in [-0.4, -0.2) is 14.7 Å². The van der Waals surface area contributed by atoms with E-state index in [1.807, 2.05) is 0 Å². The highest BCUT2D eigenvalue weighted by Gasteiger charge is 2.21. The molecule has 0 aromatic heterocycles. The molecule has 1 radical (unpaired) electrons. The van der Waals surface area contributed by atoms with Gasteiger partial charge in [0, 0.05) is 6.04 Å². The third-order valence-electron chi connectivity index (χ3n) is 1.86. The van der Waals surface area contributed by atoms with Gasteiger partial charge in [-0.25, -0.2) is 0 Å². The molecule has 0 aliphatic carbocycles. The smallest absolute Gasteiger partial charge is 0.214 e. The molecule has 65 valence electrons. The zero-order chi connectivity index (χ0) is 9.02. The Bertz CT molecular complexity index is 126. The Morgan fingerprint density at radius 1 is 1.27 bits per heavy atom. The van der Waals surface area contributed by atoms with Gasteiger partial charge < -0.3 is 5.73 Å². The summed E-state index contributed by atoms with van der Waals surface area (Å²) in [5.41, 5.74) is 6.45. The molecular weight excluding hydrogens is 154 g/mol. The highest BCUT2D eigenvalue weighted by atomic mass is 28.3. The predicted octanol–water partition coefficient (Wildman–Crippen LogP) is 1.79. The van der Waals surface area contributed by atoms with Gasteiger partial charge in [-0.05, 0) is 0 Å². The number of carbonyl (C=O) groups excluding carboxylic acids is 1. The molecule has 0 aliphatic rings. The fraction of sp³-hybridized carbons (Fsp3) is 0.875. The Labute approximate surface area is 70.8 Å². The van der Waals surface area contributed by atoms with Crippen molar-refractivity contribution in [2.75, 3.05) is 0 Å². The van der Waals surface area contributed by atoms with Crippen LogP contribution in [0.15, 0.2) is 0 Å². The lowest BCUT2D eigenvalue weighted by atomic mass is 10.5. The Hall–Kier alpha value is -0.313. The van der Waals surface area contributed by atoms with E-state index in [1.54, 1.807) is 0 Å². The minimum atomic E-state index is -0.553. The van der Waals surface area contributed by atoms with E-state index in [2.05, 4.69) is 27.7 Å². The van der Waals surface area contributed by atoms with E-state index in [1.165, 1.54) is 0 Å². The van der Waals surface area contributed by atoms with E-state index in [0.717, 1.165) is 0 Å². The first kappa shape index (κ1) is 10.7. The predicted molar refractivity (Wildman–Crippen MR) is 50.0 cm³/mol. The lowest BCUT2D eigenvalue weighted by Gasteiger charge is -2.20. The van der Waals surface area contributed by atoms with Crippen LogP contribution in [0, 0.1) is 0 Å². The maximum Gasteiger partial charge on any atom is 0.214 e. The number of nitrogens with two attached hydrogens (primary N) is 1. The first-order valence-corrected chi connectivity index (χ1v) is 5.95. The third kappa shape index (κ3) is 4.19. The summed E-state index contributed by atoms with van der Waals surface area (Å²) in [6.45, 7) is 8.71. The molecule has 0 unspecified atom stereocenters. The van der Waals surface area contributed by atoms with Crippen LogP contribution in [0.2, 0.25) is 17.1 Å². The molecule has 0 saturated heterocycles. The molecule has 0 bridgehead atoms. The van der Waals surface area contributed by atoms with Crippen LogP contribution in [0.3, 0.4) is 0 Å². The van der Waals surface area contributed by atoms with E-state index < -0.39 is 8.80 Å². The summed E-state index contributed by atoms with van der Waals surface area (Å²) in [5.74, 6) is -0.138. The van der Waals surface area contributed by atoms with Crippen LogP contribution in [0.4, 0.5) is 0 Å². The Morgan fingerprint density at radius 2 is 1.64 bits per heavy atom. The molecule has 1 amide bonds. The number of hydrogen-bond donors (Lipinski definition) is 1. The molecule has 0 fully saturated rings. The van der Waals surface area contributed by atoms with Crippen molar-refractivity contribution in [1.82, 2.24) is 0 Å². The number of rotatable bonds is 4. The van der Waals surface area contributed by atoms with Gasteiger partial charge in [-0.3, -0.25) is 4.79 Å². The average Bonchev–Trinajstić information content (AvgIpc) is 1.81. The minimum Gasteiger partial charge on any atom is -0.370 e. The SMILES string of the molecule is CC(C)[Si](CC(N)=O)C(C)C. The summed E-state index contributed by atoms with van der Waals surface area (Å²) in [6, 6.07) is 0.625. The number of primary amides is 1. The number of amides is 1. The number of hydrogen-bond acceptors (Lipinski definition) is 1.